The number of fused-ring (bicyclic) bond motifs is 1. The minimum absolute atomic E-state index is 0.156. The standard InChI is InChI=1S/C28H30N2O3/c1-19(2)21-11-8-12-23(16-21)30-26(31)25-14-6-5-10-22(25)17-28(30,3)27(32)29-18-20-9-7-13-24(15-20)33-4/h5-16,19H,17-18H2,1-4H3,(H,29,32). The molecule has 4 rings (SSSR count). The summed E-state index contributed by atoms with van der Waals surface area (Å²) < 4.78 is 5.29. The molecule has 0 fully saturated rings. The predicted octanol–water partition coefficient (Wildman–Crippen LogP) is 5.10. The molecular formula is C28H30N2O3. The summed E-state index contributed by atoms with van der Waals surface area (Å²) in [4.78, 5) is 29.0. The first-order valence-electron chi connectivity index (χ1n) is 11.3. The van der Waals surface area contributed by atoms with Crippen molar-refractivity contribution in [2.45, 2.75) is 45.2 Å². The number of amides is 2. The van der Waals surface area contributed by atoms with E-state index in [-0.39, 0.29) is 11.8 Å². The fourth-order valence-corrected chi connectivity index (χ4v) is 4.44. The third kappa shape index (κ3) is 4.36. The molecular weight excluding hydrogens is 412 g/mol. The summed E-state index contributed by atoms with van der Waals surface area (Å²) in [5, 5.41) is 3.06. The molecule has 1 aliphatic heterocycles. The van der Waals surface area contributed by atoms with Gasteiger partial charge < -0.3 is 10.1 Å². The Morgan fingerprint density at radius 2 is 1.82 bits per heavy atom. The third-order valence-corrected chi connectivity index (χ3v) is 6.35. The number of benzene rings is 3. The van der Waals surface area contributed by atoms with Crippen molar-refractivity contribution in [1.82, 2.24) is 5.32 Å². The number of carbonyl (C=O) groups is 2. The second-order valence-electron chi connectivity index (χ2n) is 9.03. The zero-order chi connectivity index (χ0) is 23.6. The van der Waals surface area contributed by atoms with Crippen LogP contribution in [0.5, 0.6) is 5.75 Å². The molecule has 170 valence electrons. The Labute approximate surface area is 195 Å². The number of hydrogen-bond donors (Lipinski definition) is 1. The monoisotopic (exact) mass is 442 g/mol. The second kappa shape index (κ2) is 9.10. The zero-order valence-corrected chi connectivity index (χ0v) is 19.6. The predicted molar refractivity (Wildman–Crippen MR) is 131 cm³/mol. The topological polar surface area (TPSA) is 58.6 Å². The molecule has 3 aromatic rings. The van der Waals surface area contributed by atoms with E-state index in [4.69, 9.17) is 4.74 Å². The first kappa shape index (κ1) is 22.6. The molecule has 0 spiro atoms. The molecule has 5 nitrogen and oxygen atoms in total. The lowest BCUT2D eigenvalue weighted by Gasteiger charge is -2.44. The van der Waals surface area contributed by atoms with Crippen LogP contribution in [0.1, 0.15) is 53.7 Å². The lowest BCUT2D eigenvalue weighted by Crippen LogP contribution is -2.63. The summed E-state index contributed by atoms with van der Waals surface area (Å²) in [7, 11) is 1.62. The molecule has 0 radical (unpaired) electrons. The van der Waals surface area contributed by atoms with Crippen LogP contribution in [-0.4, -0.2) is 24.5 Å². The molecule has 5 heteroatoms. The first-order valence-corrected chi connectivity index (χ1v) is 11.3. The van der Waals surface area contributed by atoms with E-state index >= 15 is 0 Å². The maximum absolute atomic E-state index is 13.7. The van der Waals surface area contributed by atoms with Gasteiger partial charge in [-0.05, 0) is 59.9 Å². The van der Waals surface area contributed by atoms with Gasteiger partial charge in [0.25, 0.3) is 5.91 Å². The summed E-state index contributed by atoms with van der Waals surface area (Å²) in [6.07, 6.45) is 0.435. The summed E-state index contributed by atoms with van der Waals surface area (Å²) in [6.45, 7) is 6.43. The maximum Gasteiger partial charge on any atom is 0.259 e. The van der Waals surface area contributed by atoms with E-state index in [0.717, 1.165) is 28.1 Å². The van der Waals surface area contributed by atoms with Gasteiger partial charge in [-0.2, -0.15) is 0 Å². The van der Waals surface area contributed by atoms with Crippen LogP contribution >= 0.6 is 0 Å². The van der Waals surface area contributed by atoms with Crippen LogP contribution in [0.3, 0.4) is 0 Å². The zero-order valence-electron chi connectivity index (χ0n) is 19.6. The van der Waals surface area contributed by atoms with Crippen molar-refractivity contribution in [2.75, 3.05) is 12.0 Å². The lowest BCUT2D eigenvalue weighted by molar-refractivity contribution is -0.126. The average Bonchev–Trinajstić information content (AvgIpc) is 2.82. The number of nitrogens with zero attached hydrogens (tertiary/aromatic N) is 1. The Morgan fingerprint density at radius 3 is 2.58 bits per heavy atom. The highest BCUT2D eigenvalue weighted by Gasteiger charge is 2.47. The smallest absolute Gasteiger partial charge is 0.259 e. The van der Waals surface area contributed by atoms with Gasteiger partial charge in [0.1, 0.15) is 11.3 Å². The quantitative estimate of drug-likeness (QED) is 0.578. The average molecular weight is 443 g/mol. The van der Waals surface area contributed by atoms with Crippen LogP contribution < -0.4 is 15.0 Å². The Morgan fingerprint density at radius 1 is 1.06 bits per heavy atom. The summed E-state index contributed by atoms with van der Waals surface area (Å²) in [5.41, 5.74) is 3.25. The molecule has 1 unspecified atom stereocenters. The number of hydrogen-bond acceptors (Lipinski definition) is 3. The molecule has 0 bridgehead atoms. The molecule has 2 amide bonds. The molecule has 1 aliphatic rings. The van der Waals surface area contributed by atoms with E-state index in [0.29, 0.717) is 24.4 Å². The number of rotatable bonds is 6. The van der Waals surface area contributed by atoms with Gasteiger partial charge in [-0.1, -0.05) is 56.3 Å². The minimum Gasteiger partial charge on any atom is -0.497 e. The summed E-state index contributed by atoms with van der Waals surface area (Å²) in [5.74, 6) is 0.701. The normalized spacial score (nSPS) is 17.6. The Balaban J connectivity index is 1.71. The fraction of sp³-hybridized carbons (Fsp3) is 0.286. The number of ether oxygens (including phenoxy) is 1. The maximum atomic E-state index is 13.7. The van der Waals surface area contributed by atoms with Crippen molar-refractivity contribution >= 4 is 17.5 Å². The molecule has 1 atom stereocenters. The molecule has 0 saturated heterocycles. The Kier molecular flexibility index (Phi) is 6.23. The number of anilines is 1. The van der Waals surface area contributed by atoms with Crippen molar-refractivity contribution in [3.63, 3.8) is 0 Å². The minimum atomic E-state index is -1.07. The van der Waals surface area contributed by atoms with Gasteiger partial charge in [-0.25, -0.2) is 0 Å². The van der Waals surface area contributed by atoms with Crippen LogP contribution in [0, 0.1) is 0 Å². The Bertz CT molecular complexity index is 1190. The van der Waals surface area contributed by atoms with Crippen molar-refractivity contribution in [3.05, 3.63) is 95.1 Å². The highest BCUT2D eigenvalue weighted by atomic mass is 16.5. The van der Waals surface area contributed by atoms with Crippen molar-refractivity contribution < 1.29 is 14.3 Å². The number of carbonyl (C=O) groups excluding carboxylic acids is 2. The first-order chi connectivity index (χ1) is 15.8. The van der Waals surface area contributed by atoms with E-state index in [1.165, 1.54) is 0 Å². The molecule has 1 heterocycles. The van der Waals surface area contributed by atoms with Gasteiger partial charge in [0.2, 0.25) is 5.91 Å². The van der Waals surface area contributed by atoms with Crippen molar-refractivity contribution in [3.8, 4) is 5.75 Å². The number of nitrogens with one attached hydrogen (secondary N) is 1. The van der Waals surface area contributed by atoms with Crippen LogP contribution in [0.25, 0.3) is 0 Å². The van der Waals surface area contributed by atoms with Crippen molar-refractivity contribution in [2.24, 2.45) is 0 Å². The molecule has 0 aliphatic carbocycles. The highest BCUT2D eigenvalue weighted by Crippen LogP contribution is 2.36. The third-order valence-electron chi connectivity index (χ3n) is 6.35. The van der Waals surface area contributed by atoms with Crippen LogP contribution in [0.15, 0.2) is 72.8 Å². The van der Waals surface area contributed by atoms with Gasteiger partial charge in [0.05, 0.1) is 7.11 Å². The fourth-order valence-electron chi connectivity index (χ4n) is 4.44. The highest BCUT2D eigenvalue weighted by molar-refractivity contribution is 6.14. The van der Waals surface area contributed by atoms with Gasteiger partial charge >= 0.3 is 0 Å². The summed E-state index contributed by atoms with van der Waals surface area (Å²) in [6, 6.07) is 23.1. The van der Waals surface area contributed by atoms with Gasteiger partial charge in [-0.3, -0.25) is 14.5 Å². The molecule has 0 aromatic heterocycles. The summed E-state index contributed by atoms with van der Waals surface area (Å²) >= 11 is 0. The molecule has 33 heavy (non-hydrogen) atoms. The van der Waals surface area contributed by atoms with E-state index in [1.807, 2.05) is 73.7 Å². The van der Waals surface area contributed by atoms with Gasteiger partial charge in [0, 0.05) is 24.2 Å². The molecule has 1 N–H and O–H groups in total. The lowest BCUT2D eigenvalue weighted by atomic mass is 9.82. The SMILES string of the molecule is COc1cccc(CNC(=O)C2(C)Cc3ccccc3C(=O)N2c2cccc(C(C)C)c2)c1. The van der Waals surface area contributed by atoms with Crippen LogP contribution in [0.2, 0.25) is 0 Å². The van der Waals surface area contributed by atoms with Crippen molar-refractivity contribution in [1.29, 1.82) is 0 Å². The van der Waals surface area contributed by atoms with Gasteiger partial charge in [0.15, 0.2) is 0 Å². The second-order valence-corrected chi connectivity index (χ2v) is 9.03. The molecule has 0 saturated carbocycles. The van der Waals surface area contributed by atoms with E-state index < -0.39 is 5.54 Å². The molecule has 3 aromatic carbocycles. The van der Waals surface area contributed by atoms with Gasteiger partial charge in [-0.15, -0.1) is 0 Å². The van der Waals surface area contributed by atoms with Crippen LogP contribution in [-0.2, 0) is 17.8 Å². The number of methoxy groups -OCH3 is 1. The Hall–Kier alpha value is -3.60. The van der Waals surface area contributed by atoms with E-state index in [2.05, 4.69) is 25.2 Å². The van der Waals surface area contributed by atoms with E-state index in [9.17, 15) is 9.59 Å². The van der Waals surface area contributed by atoms with E-state index in [1.54, 1.807) is 12.0 Å². The van der Waals surface area contributed by atoms with Crippen LogP contribution in [0.4, 0.5) is 5.69 Å². The largest absolute Gasteiger partial charge is 0.497 e.